The molecule has 18 heavy (non-hydrogen) atoms. The van der Waals surface area contributed by atoms with Crippen LogP contribution < -0.4 is 4.90 Å². The van der Waals surface area contributed by atoms with Gasteiger partial charge in [-0.15, -0.1) is 0 Å². The average molecular weight is 242 g/mol. The minimum absolute atomic E-state index is 0.0683. The summed E-state index contributed by atoms with van der Waals surface area (Å²) in [5, 5.41) is 9.21. The highest BCUT2D eigenvalue weighted by molar-refractivity contribution is 5.99. The largest absolute Gasteiger partial charge is 0.314 e. The van der Waals surface area contributed by atoms with Gasteiger partial charge < -0.3 is 4.90 Å². The van der Waals surface area contributed by atoms with Crippen LogP contribution in [0.4, 0.5) is 5.69 Å². The Morgan fingerprint density at radius 2 is 1.83 bits per heavy atom. The molecule has 0 spiro atoms. The molecule has 0 radical (unpaired) electrons. The average Bonchev–Trinajstić information content (AvgIpc) is 2.25. The van der Waals surface area contributed by atoms with Crippen LogP contribution in [0.5, 0.6) is 0 Å². The molecule has 0 heterocycles. The standard InChI is InChI=1S/C15H18N2O/c1-11-7-12(2)9-13(8-11)17(3)14(18)15(10-16)5-4-6-15/h7-9H,4-6H2,1-3H3. The van der Waals surface area contributed by atoms with Crippen LogP contribution >= 0.6 is 0 Å². The number of rotatable bonds is 2. The second kappa shape index (κ2) is 4.45. The van der Waals surface area contributed by atoms with Gasteiger partial charge >= 0.3 is 0 Å². The van der Waals surface area contributed by atoms with Gasteiger partial charge in [0.25, 0.3) is 0 Å². The lowest BCUT2D eigenvalue weighted by Crippen LogP contribution is -2.45. The van der Waals surface area contributed by atoms with Crippen LogP contribution in [0.1, 0.15) is 30.4 Å². The molecular formula is C15H18N2O. The van der Waals surface area contributed by atoms with E-state index in [1.807, 2.05) is 26.0 Å². The fourth-order valence-electron chi connectivity index (χ4n) is 2.49. The van der Waals surface area contributed by atoms with E-state index in [1.165, 1.54) is 0 Å². The van der Waals surface area contributed by atoms with Gasteiger partial charge in [0, 0.05) is 12.7 Å². The second-order valence-corrected chi connectivity index (χ2v) is 5.26. The summed E-state index contributed by atoms with van der Waals surface area (Å²) in [6.07, 6.45) is 2.36. The molecule has 0 aromatic heterocycles. The lowest BCUT2D eigenvalue weighted by atomic mass is 9.69. The van der Waals surface area contributed by atoms with E-state index >= 15 is 0 Å². The smallest absolute Gasteiger partial charge is 0.247 e. The first-order valence-corrected chi connectivity index (χ1v) is 6.26. The van der Waals surface area contributed by atoms with Crippen LogP contribution in [0.3, 0.4) is 0 Å². The normalized spacial score (nSPS) is 16.6. The molecule has 0 N–H and O–H groups in total. The number of hydrogen-bond donors (Lipinski definition) is 0. The monoisotopic (exact) mass is 242 g/mol. The number of benzene rings is 1. The summed E-state index contributed by atoms with van der Waals surface area (Å²) >= 11 is 0. The molecule has 1 fully saturated rings. The van der Waals surface area contributed by atoms with Crippen molar-refractivity contribution in [2.75, 3.05) is 11.9 Å². The van der Waals surface area contributed by atoms with Crippen molar-refractivity contribution in [3.63, 3.8) is 0 Å². The Bertz CT molecular complexity index is 504. The van der Waals surface area contributed by atoms with Gasteiger partial charge in [-0.1, -0.05) is 6.07 Å². The highest BCUT2D eigenvalue weighted by Crippen LogP contribution is 2.42. The molecule has 1 amide bonds. The highest BCUT2D eigenvalue weighted by Gasteiger charge is 2.46. The molecule has 94 valence electrons. The summed E-state index contributed by atoms with van der Waals surface area (Å²) in [7, 11) is 1.76. The first-order chi connectivity index (χ1) is 8.48. The van der Waals surface area contributed by atoms with Crippen LogP contribution in [0.25, 0.3) is 0 Å². The number of carbonyl (C=O) groups excluding carboxylic acids is 1. The lowest BCUT2D eigenvalue weighted by molar-refractivity contribution is -0.128. The number of nitriles is 1. The molecule has 3 nitrogen and oxygen atoms in total. The number of hydrogen-bond acceptors (Lipinski definition) is 2. The van der Waals surface area contributed by atoms with Crippen molar-refractivity contribution in [3.05, 3.63) is 29.3 Å². The van der Waals surface area contributed by atoms with Crippen LogP contribution in [0, 0.1) is 30.6 Å². The molecule has 3 heteroatoms. The van der Waals surface area contributed by atoms with Crippen molar-refractivity contribution in [1.82, 2.24) is 0 Å². The van der Waals surface area contributed by atoms with E-state index in [0.29, 0.717) is 12.8 Å². The van der Waals surface area contributed by atoms with Gasteiger partial charge in [-0.3, -0.25) is 4.79 Å². The van der Waals surface area contributed by atoms with Crippen molar-refractivity contribution < 1.29 is 4.79 Å². The molecule has 0 saturated heterocycles. The van der Waals surface area contributed by atoms with Crippen molar-refractivity contribution in [1.29, 1.82) is 5.26 Å². The van der Waals surface area contributed by atoms with Crippen LogP contribution in [-0.4, -0.2) is 13.0 Å². The van der Waals surface area contributed by atoms with E-state index in [9.17, 15) is 10.1 Å². The highest BCUT2D eigenvalue weighted by atomic mass is 16.2. The van der Waals surface area contributed by atoms with Gasteiger partial charge in [0.15, 0.2) is 0 Å². The molecule has 1 aliphatic carbocycles. The second-order valence-electron chi connectivity index (χ2n) is 5.26. The van der Waals surface area contributed by atoms with Crippen LogP contribution in [0.2, 0.25) is 0 Å². The minimum Gasteiger partial charge on any atom is -0.314 e. The Kier molecular flexibility index (Phi) is 3.13. The van der Waals surface area contributed by atoms with E-state index in [-0.39, 0.29) is 5.91 Å². The van der Waals surface area contributed by atoms with Crippen molar-refractivity contribution in [3.8, 4) is 6.07 Å². The summed E-state index contributed by atoms with van der Waals surface area (Å²) in [6, 6.07) is 8.24. The maximum absolute atomic E-state index is 12.4. The van der Waals surface area contributed by atoms with Crippen molar-refractivity contribution in [2.24, 2.45) is 5.41 Å². The number of amides is 1. The predicted octanol–water partition coefficient (Wildman–Crippen LogP) is 2.96. The summed E-state index contributed by atoms with van der Waals surface area (Å²) in [5.41, 5.74) is 2.36. The first kappa shape index (κ1) is 12.6. The number of anilines is 1. The molecule has 0 atom stereocenters. The zero-order valence-corrected chi connectivity index (χ0v) is 11.2. The Morgan fingerprint density at radius 1 is 1.28 bits per heavy atom. The van der Waals surface area contributed by atoms with Crippen molar-refractivity contribution >= 4 is 11.6 Å². The Balaban J connectivity index is 2.28. The first-order valence-electron chi connectivity index (χ1n) is 6.26. The maximum Gasteiger partial charge on any atom is 0.247 e. The quantitative estimate of drug-likeness (QED) is 0.800. The predicted molar refractivity (Wildman–Crippen MR) is 71.2 cm³/mol. The van der Waals surface area contributed by atoms with Gasteiger partial charge in [-0.25, -0.2) is 0 Å². The zero-order valence-electron chi connectivity index (χ0n) is 11.2. The summed E-state index contributed by atoms with van der Waals surface area (Å²) in [5.74, 6) is -0.0683. The van der Waals surface area contributed by atoms with E-state index in [4.69, 9.17) is 0 Å². The van der Waals surface area contributed by atoms with Crippen LogP contribution in [-0.2, 0) is 4.79 Å². The van der Waals surface area contributed by atoms with Crippen LogP contribution in [0.15, 0.2) is 18.2 Å². The van der Waals surface area contributed by atoms with E-state index in [0.717, 1.165) is 23.2 Å². The Hall–Kier alpha value is -1.82. The molecule has 1 saturated carbocycles. The maximum atomic E-state index is 12.4. The van der Waals surface area contributed by atoms with E-state index in [2.05, 4.69) is 12.1 Å². The topological polar surface area (TPSA) is 44.1 Å². The van der Waals surface area contributed by atoms with Gasteiger partial charge in [-0.05, 0) is 56.4 Å². The lowest BCUT2D eigenvalue weighted by Gasteiger charge is -2.36. The number of aryl methyl sites for hydroxylation is 2. The van der Waals surface area contributed by atoms with Crippen molar-refractivity contribution in [2.45, 2.75) is 33.1 Å². The zero-order chi connectivity index (χ0) is 13.3. The van der Waals surface area contributed by atoms with E-state index in [1.54, 1.807) is 11.9 Å². The molecule has 2 rings (SSSR count). The molecule has 0 unspecified atom stereocenters. The van der Waals surface area contributed by atoms with Gasteiger partial charge in [0.2, 0.25) is 5.91 Å². The molecule has 1 aromatic rings. The number of carbonyl (C=O) groups is 1. The summed E-state index contributed by atoms with van der Waals surface area (Å²) < 4.78 is 0. The Morgan fingerprint density at radius 3 is 2.22 bits per heavy atom. The molecular weight excluding hydrogens is 224 g/mol. The third kappa shape index (κ3) is 1.99. The van der Waals surface area contributed by atoms with Gasteiger partial charge in [0.05, 0.1) is 6.07 Å². The Labute approximate surface area is 108 Å². The van der Waals surface area contributed by atoms with Gasteiger partial charge in [-0.2, -0.15) is 5.26 Å². The fraction of sp³-hybridized carbons (Fsp3) is 0.467. The molecule has 1 aliphatic rings. The van der Waals surface area contributed by atoms with E-state index < -0.39 is 5.41 Å². The summed E-state index contributed by atoms with van der Waals surface area (Å²) in [4.78, 5) is 14.0. The molecule has 0 aliphatic heterocycles. The minimum atomic E-state index is -0.771. The SMILES string of the molecule is Cc1cc(C)cc(N(C)C(=O)C2(C#N)CCC2)c1. The molecule has 1 aromatic carbocycles. The van der Waals surface area contributed by atoms with Gasteiger partial charge in [0.1, 0.15) is 5.41 Å². The number of nitrogens with zero attached hydrogens (tertiary/aromatic N) is 2. The third-order valence-electron chi connectivity index (χ3n) is 3.73. The fourth-order valence-corrected chi connectivity index (χ4v) is 2.49. The molecule has 0 bridgehead atoms. The summed E-state index contributed by atoms with van der Waals surface area (Å²) in [6.45, 7) is 4.02. The third-order valence-corrected chi connectivity index (χ3v) is 3.73.